The number of carbonyl (C=O) groups excluding carboxylic acids is 2. The Morgan fingerprint density at radius 3 is 2.28 bits per heavy atom. The normalized spacial score (nSPS) is 20.2. The van der Waals surface area contributed by atoms with Crippen molar-refractivity contribution >= 4 is 35.0 Å². The Bertz CT molecular complexity index is 1060. The highest BCUT2D eigenvalue weighted by Gasteiger charge is 2.41. The highest BCUT2D eigenvalue weighted by molar-refractivity contribution is 6.31. The zero-order valence-corrected chi connectivity index (χ0v) is 22.3. The number of carbonyl (C=O) groups is 2. The number of hydrogen-bond donors (Lipinski definition) is 0. The molecule has 2 fully saturated rings. The molecule has 2 saturated heterocycles. The maximum Gasteiger partial charge on any atom is 0.260 e. The van der Waals surface area contributed by atoms with Crippen molar-refractivity contribution in [3.8, 4) is 11.5 Å². The van der Waals surface area contributed by atoms with Crippen LogP contribution < -0.4 is 9.47 Å². The lowest BCUT2D eigenvalue weighted by molar-refractivity contribution is -0.143. The Hall–Kier alpha value is -2.44. The summed E-state index contributed by atoms with van der Waals surface area (Å²) in [6.45, 7) is 4.95. The molecule has 0 saturated carbocycles. The maximum atomic E-state index is 13.3. The lowest BCUT2D eigenvalue weighted by Gasteiger charge is -2.43. The van der Waals surface area contributed by atoms with E-state index in [1.807, 2.05) is 34.9 Å². The second kappa shape index (κ2) is 12.2. The monoisotopic (exact) mass is 532 g/mol. The Labute approximate surface area is 223 Å². The van der Waals surface area contributed by atoms with Crippen LogP contribution in [0.2, 0.25) is 10.0 Å². The van der Waals surface area contributed by atoms with Gasteiger partial charge in [0.15, 0.2) is 6.61 Å². The van der Waals surface area contributed by atoms with Gasteiger partial charge in [0.1, 0.15) is 11.5 Å². The minimum absolute atomic E-state index is 0.0605. The summed E-state index contributed by atoms with van der Waals surface area (Å²) < 4.78 is 11.9. The largest absolute Gasteiger partial charge is 0.493 e. The molecule has 0 unspecified atom stereocenters. The maximum absolute atomic E-state index is 13.3. The predicted molar refractivity (Wildman–Crippen MR) is 142 cm³/mol. The fourth-order valence-electron chi connectivity index (χ4n) is 5.02. The number of nitrogens with zero attached hydrogens (tertiary/aromatic N) is 2. The second-order valence-electron chi connectivity index (χ2n) is 9.98. The summed E-state index contributed by atoms with van der Waals surface area (Å²) in [5, 5.41) is 1.30. The molecule has 4 rings (SSSR count). The second-order valence-corrected chi connectivity index (χ2v) is 10.8. The average Bonchev–Trinajstić information content (AvgIpc) is 2.89. The van der Waals surface area contributed by atoms with Crippen molar-refractivity contribution < 1.29 is 19.1 Å². The lowest BCUT2D eigenvalue weighted by atomic mass is 9.77. The zero-order chi connectivity index (χ0) is 25.5. The number of halogens is 2. The van der Waals surface area contributed by atoms with Crippen LogP contribution in [0, 0.1) is 12.3 Å². The number of amides is 2. The van der Waals surface area contributed by atoms with E-state index in [1.54, 1.807) is 24.3 Å². The van der Waals surface area contributed by atoms with E-state index >= 15 is 0 Å². The summed E-state index contributed by atoms with van der Waals surface area (Å²) in [5.74, 6) is 1.37. The van der Waals surface area contributed by atoms with Gasteiger partial charge in [-0.25, -0.2) is 0 Å². The molecule has 0 spiro atoms. The van der Waals surface area contributed by atoms with E-state index in [1.165, 1.54) is 6.42 Å². The smallest absolute Gasteiger partial charge is 0.260 e. The first-order valence-corrected chi connectivity index (χ1v) is 13.4. The summed E-state index contributed by atoms with van der Waals surface area (Å²) in [6, 6.07) is 12.5. The average molecular weight is 533 g/mol. The Morgan fingerprint density at radius 1 is 0.861 bits per heavy atom. The molecule has 0 bridgehead atoms. The number of benzene rings is 2. The summed E-state index contributed by atoms with van der Waals surface area (Å²) in [6.07, 6.45) is 5.26. The van der Waals surface area contributed by atoms with Gasteiger partial charge < -0.3 is 19.3 Å². The van der Waals surface area contributed by atoms with Crippen LogP contribution in [0.3, 0.4) is 0 Å². The SMILES string of the molecule is Cc1cc(OC[C@]2(CC(=O)N3CCCCC3)CCCN(C(=O)COc3ccc(Cl)cc3)C2)ccc1Cl. The number of aryl methyl sites for hydroxylation is 1. The molecular formula is C28H34Cl2N2O4. The molecule has 6 nitrogen and oxygen atoms in total. The first-order valence-electron chi connectivity index (χ1n) is 12.7. The van der Waals surface area contributed by atoms with Crippen LogP contribution in [0.25, 0.3) is 0 Å². The summed E-state index contributed by atoms with van der Waals surface area (Å²) >= 11 is 12.1. The van der Waals surface area contributed by atoms with E-state index in [2.05, 4.69) is 0 Å². The molecule has 2 amide bonds. The molecule has 2 heterocycles. The molecule has 36 heavy (non-hydrogen) atoms. The Morgan fingerprint density at radius 2 is 1.56 bits per heavy atom. The quantitative estimate of drug-likeness (QED) is 0.432. The van der Waals surface area contributed by atoms with Crippen LogP contribution in [0.15, 0.2) is 42.5 Å². The number of likely N-dealkylation sites (tertiary alicyclic amines) is 2. The van der Waals surface area contributed by atoms with Crippen molar-refractivity contribution in [3.63, 3.8) is 0 Å². The van der Waals surface area contributed by atoms with Crippen LogP contribution in [0.4, 0.5) is 0 Å². The van der Waals surface area contributed by atoms with E-state index < -0.39 is 5.41 Å². The molecule has 8 heteroatoms. The van der Waals surface area contributed by atoms with Crippen LogP contribution in [0.1, 0.15) is 44.1 Å². The van der Waals surface area contributed by atoms with Crippen molar-refractivity contribution in [1.29, 1.82) is 0 Å². The van der Waals surface area contributed by atoms with Gasteiger partial charge in [0.2, 0.25) is 5.91 Å². The van der Waals surface area contributed by atoms with Gasteiger partial charge in [0.05, 0.1) is 6.61 Å². The standard InChI is InChI=1S/C28H34Cl2N2O4/c1-21-16-24(10-11-25(21)30)36-20-28(17-26(33)31-13-3-2-4-14-31)12-5-15-32(19-28)27(34)18-35-23-8-6-22(29)7-9-23/h6-11,16H,2-5,12-15,17-20H2,1H3/t28-/m0/s1. The first kappa shape index (κ1) is 26.6. The van der Waals surface area contributed by atoms with Crippen molar-refractivity contribution in [2.24, 2.45) is 5.41 Å². The molecule has 1 atom stereocenters. The number of ether oxygens (including phenoxy) is 2. The topological polar surface area (TPSA) is 59.1 Å². The van der Waals surface area contributed by atoms with Crippen molar-refractivity contribution in [2.75, 3.05) is 39.4 Å². The van der Waals surface area contributed by atoms with Crippen LogP contribution in [-0.2, 0) is 9.59 Å². The fourth-order valence-corrected chi connectivity index (χ4v) is 5.26. The zero-order valence-electron chi connectivity index (χ0n) is 20.8. The van der Waals surface area contributed by atoms with Gasteiger partial charge in [-0.15, -0.1) is 0 Å². The van der Waals surface area contributed by atoms with E-state index in [-0.39, 0.29) is 18.4 Å². The summed E-state index contributed by atoms with van der Waals surface area (Å²) in [5.41, 5.74) is 0.475. The van der Waals surface area contributed by atoms with Gasteiger partial charge in [-0.3, -0.25) is 9.59 Å². The van der Waals surface area contributed by atoms with Gasteiger partial charge in [-0.05, 0) is 87.1 Å². The highest BCUT2D eigenvalue weighted by Crippen LogP contribution is 2.36. The molecule has 0 aromatic heterocycles. The van der Waals surface area contributed by atoms with E-state index in [0.29, 0.717) is 41.9 Å². The van der Waals surface area contributed by atoms with Gasteiger partial charge in [-0.1, -0.05) is 23.2 Å². The van der Waals surface area contributed by atoms with E-state index in [0.717, 1.165) is 50.1 Å². The van der Waals surface area contributed by atoms with Gasteiger partial charge >= 0.3 is 0 Å². The van der Waals surface area contributed by atoms with Crippen LogP contribution in [-0.4, -0.2) is 61.0 Å². The highest BCUT2D eigenvalue weighted by atomic mass is 35.5. The molecule has 2 aromatic rings. The third-order valence-corrected chi connectivity index (χ3v) is 7.78. The molecule has 2 aromatic carbocycles. The van der Waals surface area contributed by atoms with E-state index in [4.69, 9.17) is 32.7 Å². The molecule has 2 aliphatic heterocycles. The molecular weight excluding hydrogens is 499 g/mol. The summed E-state index contributed by atoms with van der Waals surface area (Å²) in [4.78, 5) is 30.2. The van der Waals surface area contributed by atoms with Crippen molar-refractivity contribution in [2.45, 2.75) is 45.4 Å². The van der Waals surface area contributed by atoms with Crippen LogP contribution >= 0.6 is 23.2 Å². The number of rotatable bonds is 8. The molecule has 0 aliphatic carbocycles. The van der Waals surface area contributed by atoms with Crippen LogP contribution in [0.5, 0.6) is 11.5 Å². The first-order chi connectivity index (χ1) is 17.3. The molecule has 2 aliphatic rings. The number of hydrogen-bond acceptors (Lipinski definition) is 4. The Kier molecular flexibility index (Phi) is 9.02. The van der Waals surface area contributed by atoms with Crippen molar-refractivity contribution in [1.82, 2.24) is 9.80 Å². The minimum atomic E-state index is -0.462. The fraction of sp³-hybridized carbons (Fsp3) is 0.500. The lowest BCUT2D eigenvalue weighted by Crippen LogP contribution is -2.52. The minimum Gasteiger partial charge on any atom is -0.493 e. The molecule has 194 valence electrons. The predicted octanol–water partition coefficient (Wildman–Crippen LogP) is 5.77. The third kappa shape index (κ3) is 7.07. The Balaban J connectivity index is 1.45. The third-order valence-electron chi connectivity index (χ3n) is 7.10. The molecule has 0 radical (unpaired) electrons. The number of piperidine rings is 2. The van der Waals surface area contributed by atoms with Crippen molar-refractivity contribution in [3.05, 3.63) is 58.1 Å². The van der Waals surface area contributed by atoms with Gasteiger partial charge in [0.25, 0.3) is 5.91 Å². The van der Waals surface area contributed by atoms with E-state index in [9.17, 15) is 9.59 Å². The molecule has 0 N–H and O–H groups in total. The van der Waals surface area contributed by atoms with Gasteiger partial charge in [-0.2, -0.15) is 0 Å². The van der Waals surface area contributed by atoms with Gasteiger partial charge in [0, 0.05) is 48.1 Å². The summed E-state index contributed by atoms with van der Waals surface area (Å²) in [7, 11) is 0.